The van der Waals surface area contributed by atoms with Gasteiger partial charge in [-0.15, -0.1) is 0 Å². The maximum atomic E-state index is 11.3. The number of hydrogen-bond acceptors (Lipinski definition) is 4. The Kier molecular flexibility index (Phi) is 3.93. The van der Waals surface area contributed by atoms with E-state index in [1.54, 1.807) is 31.5 Å². The number of ether oxygens (including phenoxy) is 1. The van der Waals surface area contributed by atoms with E-state index in [4.69, 9.17) is 10.5 Å². The van der Waals surface area contributed by atoms with Crippen LogP contribution in [0, 0.1) is 0 Å². The quantitative estimate of drug-likeness (QED) is 0.869. The summed E-state index contributed by atoms with van der Waals surface area (Å²) in [5.74, 6) is 1.06. The van der Waals surface area contributed by atoms with E-state index in [9.17, 15) is 4.79 Å². The minimum absolute atomic E-state index is 0.0352. The molecule has 0 aliphatic rings. The predicted octanol–water partition coefficient (Wildman–Crippen LogP) is 1.70. The summed E-state index contributed by atoms with van der Waals surface area (Å²) >= 11 is 0. The Morgan fingerprint density at radius 3 is 2.80 bits per heavy atom. The zero-order valence-electron chi connectivity index (χ0n) is 11.8. The number of primary amides is 1. The van der Waals surface area contributed by atoms with Crippen molar-refractivity contribution in [2.45, 2.75) is 13.0 Å². The second-order valence-electron chi connectivity index (χ2n) is 4.54. The molecular formula is C14H18N4O2. The first-order valence-corrected chi connectivity index (χ1v) is 6.24. The standard InChI is InChI=1S/C14H18N4O2/c1-9(14-16-6-7-18(14)2)17-11-8-10(13(15)19)4-5-12(11)20-3/h4-9,17H,1-3H3,(H2,15,19). The van der Waals surface area contributed by atoms with Crippen molar-refractivity contribution in [1.29, 1.82) is 0 Å². The third kappa shape index (κ3) is 2.74. The second kappa shape index (κ2) is 5.64. The van der Waals surface area contributed by atoms with Crippen LogP contribution in [0.3, 0.4) is 0 Å². The van der Waals surface area contributed by atoms with E-state index in [0.717, 1.165) is 5.82 Å². The molecule has 0 radical (unpaired) electrons. The molecule has 1 atom stereocenters. The van der Waals surface area contributed by atoms with Crippen LogP contribution < -0.4 is 15.8 Å². The minimum atomic E-state index is -0.472. The highest BCUT2D eigenvalue weighted by molar-refractivity contribution is 5.94. The number of nitrogens with zero attached hydrogens (tertiary/aromatic N) is 2. The van der Waals surface area contributed by atoms with E-state index in [-0.39, 0.29) is 6.04 Å². The number of anilines is 1. The molecule has 0 spiro atoms. The minimum Gasteiger partial charge on any atom is -0.495 e. The number of imidazole rings is 1. The van der Waals surface area contributed by atoms with Crippen LogP contribution in [-0.2, 0) is 7.05 Å². The fourth-order valence-corrected chi connectivity index (χ4v) is 2.07. The van der Waals surface area contributed by atoms with Crippen LogP contribution >= 0.6 is 0 Å². The molecule has 2 rings (SSSR count). The summed E-state index contributed by atoms with van der Waals surface area (Å²) in [7, 11) is 3.51. The fourth-order valence-electron chi connectivity index (χ4n) is 2.07. The van der Waals surface area contributed by atoms with E-state index in [0.29, 0.717) is 17.0 Å². The highest BCUT2D eigenvalue weighted by atomic mass is 16.5. The van der Waals surface area contributed by atoms with Gasteiger partial charge in [-0.25, -0.2) is 4.98 Å². The van der Waals surface area contributed by atoms with E-state index in [1.807, 2.05) is 24.7 Å². The Morgan fingerprint density at radius 1 is 1.50 bits per heavy atom. The molecule has 20 heavy (non-hydrogen) atoms. The molecule has 1 aromatic carbocycles. The molecule has 6 heteroatoms. The maximum absolute atomic E-state index is 11.3. The van der Waals surface area contributed by atoms with Gasteiger partial charge in [0.2, 0.25) is 5.91 Å². The first kappa shape index (κ1) is 13.9. The summed E-state index contributed by atoms with van der Waals surface area (Å²) in [6.07, 6.45) is 3.62. The highest BCUT2D eigenvalue weighted by Crippen LogP contribution is 2.28. The molecule has 0 saturated carbocycles. The van der Waals surface area contributed by atoms with Gasteiger partial charge >= 0.3 is 0 Å². The molecule has 0 aliphatic heterocycles. The van der Waals surface area contributed by atoms with Gasteiger partial charge < -0.3 is 20.4 Å². The average molecular weight is 274 g/mol. The van der Waals surface area contributed by atoms with E-state index >= 15 is 0 Å². The lowest BCUT2D eigenvalue weighted by Gasteiger charge is -2.18. The van der Waals surface area contributed by atoms with Crippen LogP contribution in [0.2, 0.25) is 0 Å². The summed E-state index contributed by atoms with van der Waals surface area (Å²) in [6.45, 7) is 1.98. The van der Waals surface area contributed by atoms with Crippen molar-refractivity contribution >= 4 is 11.6 Å². The average Bonchev–Trinajstić information content (AvgIpc) is 2.84. The van der Waals surface area contributed by atoms with Crippen LogP contribution in [0.15, 0.2) is 30.6 Å². The Balaban J connectivity index is 2.29. The zero-order valence-corrected chi connectivity index (χ0v) is 11.8. The van der Waals surface area contributed by atoms with Crippen molar-refractivity contribution in [1.82, 2.24) is 9.55 Å². The number of aromatic nitrogens is 2. The number of carbonyl (C=O) groups is 1. The smallest absolute Gasteiger partial charge is 0.248 e. The Hall–Kier alpha value is -2.50. The fraction of sp³-hybridized carbons (Fsp3) is 0.286. The van der Waals surface area contributed by atoms with Crippen LogP contribution in [0.4, 0.5) is 5.69 Å². The van der Waals surface area contributed by atoms with Gasteiger partial charge in [-0.1, -0.05) is 0 Å². The van der Waals surface area contributed by atoms with Crippen LogP contribution in [0.25, 0.3) is 0 Å². The SMILES string of the molecule is COc1ccc(C(N)=O)cc1NC(C)c1nccn1C. The normalized spacial score (nSPS) is 11.9. The number of carbonyl (C=O) groups excluding carboxylic acids is 1. The molecule has 0 saturated heterocycles. The summed E-state index contributed by atoms with van der Waals surface area (Å²) in [4.78, 5) is 15.6. The van der Waals surface area contributed by atoms with Crippen molar-refractivity contribution in [3.05, 3.63) is 42.0 Å². The van der Waals surface area contributed by atoms with Gasteiger partial charge in [-0.2, -0.15) is 0 Å². The summed E-state index contributed by atoms with van der Waals surface area (Å²) in [6, 6.07) is 5.00. The summed E-state index contributed by atoms with van der Waals surface area (Å²) in [5.41, 5.74) is 6.44. The van der Waals surface area contributed by atoms with E-state index in [2.05, 4.69) is 10.3 Å². The van der Waals surface area contributed by atoms with Crippen molar-refractivity contribution in [3.63, 3.8) is 0 Å². The molecule has 1 heterocycles. The van der Waals surface area contributed by atoms with Crippen molar-refractivity contribution in [3.8, 4) is 5.75 Å². The Morgan fingerprint density at radius 2 is 2.25 bits per heavy atom. The van der Waals surface area contributed by atoms with Crippen LogP contribution in [0.5, 0.6) is 5.75 Å². The van der Waals surface area contributed by atoms with Gasteiger partial charge in [0.05, 0.1) is 18.8 Å². The van der Waals surface area contributed by atoms with Gasteiger partial charge in [0.25, 0.3) is 0 Å². The summed E-state index contributed by atoms with van der Waals surface area (Å²) in [5, 5.41) is 3.28. The molecule has 3 N–H and O–H groups in total. The number of nitrogens with one attached hydrogen (secondary N) is 1. The van der Waals surface area contributed by atoms with Gasteiger partial charge in [-0.05, 0) is 25.1 Å². The largest absolute Gasteiger partial charge is 0.495 e. The third-order valence-corrected chi connectivity index (χ3v) is 3.10. The Labute approximate surface area is 117 Å². The molecular weight excluding hydrogens is 256 g/mol. The highest BCUT2D eigenvalue weighted by Gasteiger charge is 2.14. The number of benzene rings is 1. The number of rotatable bonds is 5. The number of methoxy groups -OCH3 is 1. The first-order valence-electron chi connectivity index (χ1n) is 6.24. The summed E-state index contributed by atoms with van der Waals surface area (Å²) < 4.78 is 7.22. The monoisotopic (exact) mass is 274 g/mol. The topological polar surface area (TPSA) is 82.2 Å². The number of nitrogens with two attached hydrogens (primary N) is 1. The van der Waals surface area contributed by atoms with Crippen molar-refractivity contribution in [2.24, 2.45) is 12.8 Å². The molecule has 0 aliphatic carbocycles. The van der Waals surface area contributed by atoms with Gasteiger partial charge in [0.1, 0.15) is 11.6 Å². The Bertz CT molecular complexity index is 621. The molecule has 0 bridgehead atoms. The van der Waals surface area contributed by atoms with Gasteiger partial charge in [-0.3, -0.25) is 4.79 Å². The number of hydrogen-bond donors (Lipinski definition) is 2. The van der Waals surface area contributed by atoms with Gasteiger partial charge in [0.15, 0.2) is 0 Å². The third-order valence-electron chi connectivity index (χ3n) is 3.10. The lowest BCUT2D eigenvalue weighted by atomic mass is 10.1. The molecule has 6 nitrogen and oxygen atoms in total. The number of aryl methyl sites for hydroxylation is 1. The molecule has 1 unspecified atom stereocenters. The first-order chi connectivity index (χ1) is 9.52. The lowest BCUT2D eigenvalue weighted by molar-refractivity contribution is 0.100. The van der Waals surface area contributed by atoms with E-state index in [1.165, 1.54) is 0 Å². The van der Waals surface area contributed by atoms with Crippen molar-refractivity contribution < 1.29 is 9.53 Å². The van der Waals surface area contributed by atoms with Crippen molar-refractivity contribution in [2.75, 3.05) is 12.4 Å². The molecule has 0 fully saturated rings. The maximum Gasteiger partial charge on any atom is 0.248 e. The predicted molar refractivity (Wildman–Crippen MR) is 76.8 cm³/mol. The number of amides is 1. The molecule has 2 aromatic rings. The zero-order chi connectivity index (χ0) is 14.7. The van der Waals surface area contributed by atoms with E-state index < -0.39 is 5.91 Å². The van der Waals surface area contributed by atoms with Gasteiger partial charge in [0, 0.05) is 25.0 Å². The lowest BCUT2D eigenvalue weighted by Crippen LogP contribution is -2.14. The molecule has 1 amide bonds. The molecule has 1 aromatic heterocycles. The molecule has 106 valence electrons. The van der Waals surface area contributed by atoms with Crippen LogP contribution in [0.1, 0.15) is 29.1 Å². The second-order valence-corrected chi connectivity index (χ2v) is 4.54. The van der Waals surface area contributed by atoms with Crippen LogP contribution in [-0.4, -0.2) is 22.6 Å².